The molecule has 0 aliphatic heterocycles. The Labute approximate surface area is 128 Å². The molecule has 1 aromatic heterocycles. The Balaban J connectivity index is 1.94. The predicted molar refractivity (Wildman–Crippen MR) is 87.8 cm³/mol. The molecule has 2 N–H and O–H groups in total. The van der Waals surface area contributed by atoms with E-state index in [1.165, 1.54) is 4.70 Å². The maximum absolute atomic E-state index is 12.5. The topological polar surface area (TPSA) is 43.1 Å². The molecule has 20 heavy (non-hydrogen) atoms. The molecule has 0 saturated heterocycles. The second kappa shape index (κ2) is 5.56. The fraction of sp³-hybridized carbons (Fsp3) is 0.0667. The van der Waals surface area contributed by atoms with Crippen LogP contribution in [0.1, 0.15) is 5.56 Å². The summed E-state index contributed by atoms with van der Waals surface area (Å²) in [6, 6.07) is 13.2. The third-order valence-corrected chi connectivity index (χ3v) is 5.90. The lowest BCUT2D eigenvalue weighted by atomic mass is 10.2. The van der Waals surface area contributed by atoms with Crippen LogP contribution in [0, 0.1) is 0 Å². The molecule has 2 nitrogen and oxygen atoms in total. The van der Waals surface area contributed by atoms with Gasteiger partial charge in [0.2, 0.25) is 0 Å². The zero-order valence-corrected chi connectivity index (χ0v) is 12.9. The lowest BCUT2D eigenvalue weighted by Gasteiger charge is -2.05. The maximum Gasteiger partial charge on any atom is 0.0598 e. The fourth-order valence-electron chi connectivity index (χ4n) is 2.06. The van der Waals surface area contributed by atoms with Gasteiger partial charge in [-0.1, -0.05) is 29.8 Å². The molecule has 0 spiro atoms. The molecule has 5 heteroatoms. The maximum atomic E-state index is 12.5. The molecule has 1 atom stereocenters. The van der Waals surface area contributed by atoms with Crippen molar-refractivity contribution in [2.75, 3.05) is 5.73 Å². The molecule has 0 amide bonds. The molecule has 0 aliphatic rings. The largest absolute Gasteiger partial charge is 0.399 e. The van der Waals surface area contributed by atoms with Crippen molar-refractivity contribution in [1.82, 2.24) is 0 Å². The minimum absolute atomic E-state index is 0.452. The van der Waals surface area contributed by atoms with E-state index in [4.69, 9.17) is 17.3 Å². The highest BCUT2D eigenvalue weighted by Crippen LogP contribution is 2.29. The van der Waals surface area contributed by atoms with E-state index in [0.717, 1.165) is 10.9 Å². The summed E-state index contributed by atoms with van der Waals surface area (Å²) < 4.78 is 13.7. The summed E-state index contributed by atoms with van der Waals surface area (Å²) >= 11 is 7.77. The summed E-state index contributed by atoms with van der Waals surface area (Å²) in [7, 11) is -1.20. The number of hydrogen-bond acceptors (Lipinski definition) is 3. The Morgan fingerprint density at radius 3 is 2.85 bits per heavy atom. The van der Waals surface area contributed by atoms with Crippen LogP contribution in [0.15, 0.2) is 52.7 Å². The van der Waals surface area contributed by atoms with Crippen molar-refractivity contribution < 1.29 is 4.21 Å². The molecule has 1 unspecified atom stereocenters. The van der Waals surface area contributed by atoms with Crippen LogP contribution in [0.5, 0.6) is 0 Å². The Kier molecular flexibility index (Phi) is 3.78. The number of hydrogen-bond donors (Lipinski definition) is 1. The Bertz CT molecular complexity index is 797. The summed E-state index contributed by atoms with van der Waals surface area (Å²) in [6.07, 6.45) is 0. The predicted octanol–water partition coefficient (Wildman–Crippen LogP) is 4.44. The summed E-state index contributed by atoms with van der Waals surface area (Å²) in [5.41, 5.74) is 7.40. The number of thiophene rings is 1. The van der Waals surface area contributed by atoms with Crippen LogP contribution in [0.25, 0.3) is 10.1 Å². The number of anilines is 1. The van der Waals surface area contributed by atoms with E-state index < -0.39 is 10.8 Å². The molecule has 0 radical (unpaired) electrons. The van der Waals surface area contributed by atoms with E-state index in [1.807, 2.05) is 12.1 Å². The van der Waals surface area contributed by atoms with Crippen LogP contribution in [-0.2, 0) is 16.6 Å². The summed E-state index contributed by atoms with van der Waals surface area (Å²) in [5.74, 6) is 0.452. The van der Waals surface area contributed by atoms with Gasteiger partial charge in [-0.2, -0.15) is 0 Å². The van der Waals surface area contributed by atoms with Gasteiger partial charge in [-0.15, -0.1) is 11.3 Å². The van der Waals surface area contributed by atoms with Gasteiger partial charge in [-0.3, -0.25) is 4.21 Å². The van der Waals surface area contributed by atoms with Crippen LogP contribution in [0.4, 0.5) is 5.69 Å². The quantitative estimate of drug-likeness (QED) is 0.724. The van der Waals surface area contributed by atoms with Crippen LogP contribution < -0.4 is 5.73 Å². The zero-order chi connectivity index (χ0) is 14.1. The van der Waals surface area contributed by atoms with Gasteiger partial charge in [0.15, 0.2) is 0 Å². The minimum atomic E-state index is -1.20. The van der Waals surface area contributed by atoms with Gasteiger partial charge in [-0.25, -0.2) is 0 Å². The van der Waals surface area contributed by atoms with E-state index in [9.17, 15) is 4.21 Å². The highest BCUT2D eigenvalue weighted by atomic mass is 35.5. The molecule has 0 bridgehead atoms. The van der Waals surface area contributed by atoms with E-state index >= 15 is 0 Å². The van der Waals surface area contributed by atoms with Crippen LogP contribution in [-0.4, -0.2) is 4.21 Å². The molecule has 0 aliphatic carbocycles. The summed E-state index contributed by atoms with van der Waals surface area (Å²) in [5, 5.41) is 3.71. The Morgan fingerprint density at radius 2 is 2.00 bits per heavy atom. The van der Waals surface area contributed by atoms with E-state index in [0.29, 0.717) is 21.4 Å². The van der Waals surface area contributed by atoms with Gasteiger partial charge in [0, 0.05) is 10.4 Å². The van der Waals surface area contributed by atoms with Crippen molar-refractivity contribution in [2.45, 2.75) is 10.6 Å². The first-order chi connectivity index (χ1) is 9.65. The first kappa shape index (κ1) is 13.6. The molecule has 0 saturated carbocycles. The SMILES string of the molecule is Nc1ccc(Cl)c(S(=O)Cc2csc3ccccc23)c1. The first-order valence-electron chi connectivity index (χ1n) is 6.03. The van der Waals surface area contributed by atoms with Gasteiger partial charge < -0.3 is 5.73 Å². The standard InChI is InChI=1S/C15H12ClNOS2/c16-13-6-5-11(17)7-15(13)20(18)9-10-8-19-14-4-2-1-3-12(10)14/h1-8H,9,17H2. The summed E-state index contributed by atoms with van der Waals surface area (Å²) in [4.78, 5) is 0.599. The molecule has 1 heterocycles. The van der Waals surface area contributed by atoms with E-state index in [1.54, 1.807) is 29.5 Å². The third-order valence-electron chi connectivity index (χ3n) is 3.05. The molecule has 2 aromatic carbocycles. The fourth-order valence-corrected chi connectivity index (χ4v) is 4.73. The number of benzene rings is 2. The third kappa shape index (κ3) is 2.59. The number of halogens is 1. The molecular weight excluding hydrogens is 310 g/mol. The van der Waals surface area contributed by atoms with Gasteiger partial charge in [0.25, 0.3) is 0 Å². The smallest absolute Gasteiger partial charge is 0.0598 e. The number of fused-ring (bicyclic) bond motifs is 1. The van der Waals surface area contributed by atoms with Gasteiger partial charge in [0.05, 0.1) is 26.5 Å². The highest BCUT2D eigenvalue weighted by Gasteiger charge is 2.12. The zero-order valence-electron chi connectivity index (χ0n) is 10.5. The van der Waals surface area contributed by atoms with Crippen molar-refractivity contribution in [3.63, 3.8) is 0 Å². The average molecular weight is 322 g/mol. The van der Waals surface area contributed by atoms with Crippen molar-refractivity contribution in [2.24, 2.45) is 0 Å². The lowest BCUT2D eigenvalue weighted by molar-refractivity contribution is 0.683. The first-order valence-corrected chi connectivity index (χ1v) is 8.61. The average Bonchev–Trinajstić information content (AvgIpc) is 2.85. The van der Waals surface area contributed by atoms with Crippen molar-refractivity contribution in [3.8, 4) is 0 Å². The van der Waals surface area contributed by atoms with E-state index in [2.05, 4.69) is 17.5 Å². The Hall–Kier alpha value is -1.36. The van der Waals surface area contributed by atoms with E-state index in [-0.39, 0.29) is 0 Å². The van der Waals surface area contributed by atoms with Gasteiger partial charge >= 0.3 is 0 Å². The number of nitrogens with two attached hydrogens (primary N) is 1. The Morgan fingerprint density at radius 1 is 1.20 bits per heavy atom. The van der Waals surface area contributed by atoms with Crippen LogP contribution >= 0.6 is 22.9 Å². The van der Waals surface area contributed by atoms with Crippen molar-refractivity contribution in [3.05, 3.63) is 58.4 Å². The van der Waals surface area contributed by atoms with Gasteiger partial charge in [0.1, 0.15) is 0 Å². The molecule has 0 fully saturated rings. The van der Waals surface area contributed by atoms with Crippen molar-refractivity contribution in [1.29, 1.82) is 0 Å². The molecule has 3 rings (SSSR count). The molecule has 3 aromatic rings. The van der Waals surface area contributed by atoms with Crippen molar-refractivity contribution >= 4 is 49.5 Å². The second-order valence-electron chi connectivity index (χ2n) is 4.44. The van der Waals surface area contributed by atoms with Crippen LogP contribution in [0.3, 0.4) is 0 Å². The minimum Gasteiger partial charge on any atom is -0.399 e. The van der Waals surface area contributed by atoms with Gasteiger partial charge in [-0.05, 0) is 40.6 Å². The number of nitrogen functional groups attached to an aromatic ring is 1. The molecule has 102 valence electrons. The summed E-state index contributed by atoms with van der Waals surface area (Å²) in [6.45, 7) is 0. The molecular formula is C15H12ClNOS2. The second-order valence-corrected chi connectivity index (χ2v) is 7.17. The number of rotatable bonds is 3. The lowest BCUT2D eigenvalue weighted by Crippen LogP contribution is -1.98. The highest BCUT2D eigenvalue weighted by molar-refractivity contribution is 7.84. The van der Waals surface area contributed by atoms with Crippen LogP contribution in [0.2, 0.25) is 5.02 Å². The normalized spacial score (nSPS) is 12.7. The monoisotopic (exact) mass is 321 g/mol.